The fourth-order valence-electron chi connectivity index (χ4n) is 3.26. The first-order chi connectivity index (χ1) is 13.7. The summed E-state index contributed by atoms with van der Waals surface area (Å²) >= 11 is 5.92. The Morgan fingerprint density at radius 1 is 1.21 bits per heavy atom. The van der Waals surface area contributed by atoms with Gasteiger partial charge in [-0.3, -0.25) is 4.79 Å². The van der Waals surface area contributed by atoms with Crippen LogP contribution in [0, 0.1) is 5.82 Å². The van der Waals surface area contributed by atoms with Crippen molar-refractivity contribution in [2.24, 2.45) is 5.73 Å². The number of rotatable bonds is 5. The molecule has 9 heteroatoms. The second-order valence-electron chi connectivity index (χ2n) is 7.14. The van der Waals surface area contributed by atoms with Crippen molar-refractivity contribution in [3.05, 3.63) is 58.9 Å². The smallest absolute Gasteiger partial charge is 0.244 e. The van der Waals surface area contributed by atoms with Crippen molar-refractivity contribution in [1.29, 1.82) is 0 Å². The molecule has 1 saturated heterocycles. The molecule has 3 rings (SSSR count). The first kappa shape index (κ1) is 21.7. The molecule has 0 saturated carbocycles. The Morgan fingerprint density at radius 2 is 1.83 bits per heavy atom. The number of nitrogens with zero attached hydrogens (tertiary/aromatic N) is 1. The van der Waals surface area contributed by atoms with Gasteiger partial charge in [-0.1, -0.05) is 30.7 Å². The molecule has 6 nitrogen and oxygen atoms in total. The number of piperidine rings is 1. The summed E-state index contributed by atoms with van der Waals surface area (Å²) in [5.74, 6) is -0.962. The van der Waals surface area contributed by atoms with E-state index < -0.39 is 21.4 Å². The minimum Gasteiger partial charge on any atom is -0.324 e. The molecule has 2 aromatic carbocycles. The van der Waals surface area contributed by atoms with Gasteiger partial charge in [0.1, 0.15) is 10.7 Å². The summed E-state index contributed by atoms with van der Waals surface area (Å²) in [6.07, 6.45) is 1.21. The summed E-state index contributed by atoms with van der Waals surface area (Å²) < 4.78 is 40.1. The van der Waals surface area contributed by atoms with Gasteiger partial charge in [-0.15, -0.1) is 0 Å². The molecular formula is C20H23ClFN3O3S. The molecule has 0 atom stereocenters. The number of aryl methyl sites for hydroxylation is 1. The van der Waals surface area contributed by atoms with Crippen LogP contribution < -0.4 is 11.1 Å². The second kappa shape index (κ2) is 8.39. The van der Waals surface area contributed by atoms with E-state index in [-0.39, 0.29) is 41.8 Å². The van der Waals surface area contributed by atoms with E-state index >= 15 is 0 Å². The summed E-state index contributed by atoms with van der Waals surface area (Å²) in [5, 5.41) is 2.63. The molecular weight excluding hydrogens is 417 g/mol. The van der Waals surface area contributed by atoms with E-state index in [2.05, 4.69) is 5.32 Å². The molecule has 0 unspecified atom stereocenters. The van der Waals surface area contributed by atoms with Gasteiger partial charge in [0.25, 0.3) is 0 Å². The lowest BCUT2D eigenvalue weighted by Crippen LogP contribution is -2.58. The fraction of sp³-hybridized carbons (Fsp3) is 0.350. The molecule has 29 heavy (non-hydrogen) atoms. The number of carbonyl (C=O) groups is 1. The van der Waals surface area contributed by atoms with Gasteiger partial charge in [0.15, 0.2) is 0 Å². The van der Waals surface area contributed by atoms with E-state index in [0.717, 1.165) is 30.2 Å². The molecule has 2 aromatic rings. The second-order valence-corrected chi connectivity index (χ2v) is 9.45. The van der Waals surface area contributed by atoms with Crippen molar-refractivity contribution < 1.29 is 17.6 Å². The highest BCUT2D eigenvalue weighted by molar-refractivity contribution is 7.89. The minimum absolute atomic E-state index is 0.0642. The number of hydrogen-bond donors (Lipinski definition) is 2. The molecule has 1 fully saturated rings. The van der Waals surface area contributed by atoms with Crippen molar-refractivity contribution in [3.8, 4) is 0 Å². The number of amides is 1. The lowest BCUT2D eigenvalue weighted by molar-refractivity contribution is -0.122. The van der Waals surface area contributed by atoms with Crippen LogP contribution in [0.2, 0.25) is 5.02 Å². The lowest BCUT2D eigenvalue weighted by Gasteiger charge is -2.37. The quantitative estimate of drug-likeness (QED) is 0.748. The highest BCUT2D eigenvalue weighted by Gasteiger charge is 2.41. The number of hydrogen-bond acceptors (Lipinski definition) is 4. The normalized spacial score (nSPS) is 17.1. The zero-order chi connectivity index (χ0) is 21.2. The zero-order valence-electron chi connectivity index (χ0n) is 16.0. The van der Waals surface area contributed by atoms with Crippen LogP contribution in [0.4, 0.5) is 10.1 Å². The first-order valence-corrected chi connectivity index (χ1v) is 11.1. The maximum absolute atomic E-state index is 13.2. The summed E-state index contributed by atoms with van der Waals surface area (Å²) in [5.41, 5.74) is 6.91. The highest BCUT2D eigenvalue weighted by Crippen LogP contribution is 2.30. The Labute approximate surface area is 174 Å². The van der Waals surface area contributed by atoms with E-state index in [0.29, 0.717) is 5.69 Å². The molecule has 156 valence electrons. The first-order valence-electron chi connectivity index (χ1n) is 9.30. The Bertz CT molecular complexity index is 1000. The summed E-state index contributed by atoms with van der Waals surface area (Å²) in [6, 6.07) is 10.6. The highest BCUT2D eigenvalue weighted by atomic mass is 35.5. The van der Waals surface area contributed by atoms with E-state index in [1.807, 2.05) is 31.2 Å². The molecule has 1 aliphatic rings. The van der Waals surface area contributed by atoms with Crippen molar-refractivity contribution in [2.45, 2.75) is 36.6 Å². The summed E-state index contributed by atoms with van der Waals surface area (Å²) in [7, 11) is -3.90. The third kappa shape index (κ3) is 4.61. The molecule has 0 bridgehead atoms. The van der Waals surface area contributed by atoms with Crippen LogP contribution in [0.25, 0.3) is 0 Å². The largest absolute Gasteiger partial charge is 0.324 e. The van der Waals surface area contributed by atoms with Crippen LogP contribution in [-0.2, 0) is 21.2 Å². The number of sulfonamides is 1. The van der Waals surface area contributed by atoms with Crippen LogP contribution >= 0.6 is 11.6 Å². The number of nitrogens with two attached hydrogens (primary N) is 1. The third-order valence-electron chi connectivity index (χ3n) is 5.20. The van der Waals surface area contributed by atoms with Crippen LogP contribution in [0.15, 0.2) is 47.4 Å². The summed E-state index contributed by atoms with van der Waals surface area (Å²) in [4.78, 5) is 12.5. The number of anilines is 1. The van der Waals surface area contributed by atoms with Gasteiger partial charge in [0.05, 0.1) is 10.6 Å². The van der Waals surface area contributed by atoms with Gasteiger partial charge in [0.2, 0.25) is 15.9 Å². The van der Waals surface area contributed by atoms with E-state index in [1.165, 1.54) is 4.31 Å². The monoisotopic (exact) mass is 439 g/mol. The molecule has 1 aliphatic heterocycles. The Balaban J connectivity index is 1.68. The van der Waals surface area contributed by atoms with Gasteiger partial charge in [0, 0.05) is 18.8 Å². The molecule has 0 radical (unpaired) electrons. The van der Waals surface area contributed by atoms with E-state index in [4.69, 9.17) is 17.3 Å². The Kier molecular flexibility index (Phi) is 6.28. The van der Waals surface area contributed by atoms with E-state index in [1.54, 1.807) is 0 Å². The van der Waals surface area contributed by atoms with Crippen LogP contribution in [0.1, 0.15) is 25.3 Å². The van der Waals surface area contributed by atoms with Gasteiger partial charge in [-0.05, 0) is 55.2 Å². The molecule has 1 heterocycles. The lowest BCUT2D eigenvalue weighted by atomic mass is 9.88. The van der Waals surface area contributed by atoms with Crippen molar-refractivity contribution in [1.82, 2.24) is 4.31 Å². The van der Waals surface area contributed by atoms with E-state index in [9.17, 15) is 17.6 Å². The van der Waals surface area contributed by atoms with Crippen molar-refractivity contribution in [2.75, 3.05) is 18.4 Å². The molecule has 0 spiro atoms. The minimum atomic E-state index is -3.90. The predicted octanol–water partition coefficient (Wildman–Crippen LogP) is 3.16. The van der Waals surface area contributed by atoms with Crippen molar-refractivity contribution >= 4 is 33.2 Å². The van der Waals surface area contributed by atoms with Crippen LogP contribution in [-0.4, -0.2) is 37.3 Å². The number of halogens is 2. The average molecular weight is 440 g/mol. The number of nitrogens with one attached hydrogen (secondary N) is 1. The zero-order valence-corrected chi connectivity index (χ0v) is 17.6. The van der Waals surface area contributed by atoms with Crippen molar-refractivity contribution in [3.63, 3.8) is 0 Å². The number of carbonyl (C=O) groups excluding carboxylic acids is 1. The topological polar surface area (TPSA) is 92.5 Å². The molecule has 0 aliphatic carbocycles. The van der Waals surface area contributed by atoms with Gasteiger partial charge >= 0.3 is 0 Å². The van der Waals surface area contributed by atoms with Gasteiger partial charge in [-0.25, -0.2) is 12.8 Å². The standard InChI is InChI=1S/C20H23ClFN3O3S/c1-2-14-3-6-16(7-4-14)24-19(26)20(23)9-11-25(12-10-20)29(27,28)18-8-5-15(22)13-17(18)21/h3-8,13H,2,9-12,23H2,1H3,(H,24,26). The maximum atomic E-state index is 13.2. The maximum Gasteiger partial charge on any atom is 0.244 e. The average Bonchev–Trinajstić information content (AvgIpc) is 2.68. The molecule has 0 aromatic heterocycles. The Hall–Kier alpha value is -2.00. The number of benzene rings is 2. The van der Waals surface area contributed by atoms with Crippen LogP contribution in [0.3, 0.4) is 0 Å². The van der Waals surface area contributed by atoms with Gasteiger partial charge in [-0.2, -0.15) is 4.31 Å². The summed E-state index contributed by atoms with van der Waals surface area (Å²) in [6.45, 7) is 2.17. The molecule has 1 amide bonds. The van der Waals surface area contributed by atoms with Gasteiger partial charge < -0.3 is 11.1 Å². The molecule has 3 N–H and O–H groups in total. The fourth-order valence-corrected chi connectivity index (χ4v) is 5.20. The SMILES string of the molecule is CCc1ccc(NC(=O)C2(N)CCN(S(=O)(=O)c3ccc(F)cc3Cl)CC2)cc1. The third-order valence-corrected chi connectivity index (χ3v) is 7.58. The van der Waals surface area contributed by atoms with Crippen LogP contribution in [0.5, 0.6) is 0 Å². The Morgan fingerprint density at radius 3 is 2.38 bits per heavy atom. The predicted molar refractivity (Wildman–Crippen MR) is 111 cm³/mol.